The molecule has 6 heteroatoms. The molecule has 0 spiro atoms. The van der Waals surface area contributed by atoms with Crippen molar-refractivity contribution in [1.29, 1.82) is 0 Å². The van der Waals surface area contributed by atoms with Crippen LogP contribution in [-0.2, 0) is 14.3 Å². The minimum absolute atomic E-state index is 0.133. The van der Waals surface area contributed by atoms with Crippen molar-refractivity contribution in [3.63, 3.8) is 0 Å². The molecule has 2 amide bonds. The minimum Gasteiger partial charge on any atom is -0.468 e. The summed E-state index contributed by atoms with van der Waals surface area (Å²) in [6, 6.07) is 16.0. The number of methoxy groups -OCH3 is 1. The number of amides is 2. The van der Waals surface area contributed by atoms with E-state index in [0.29, 0.717) is 11.1 Å². The molecule has 2 aromatic carbocycles. The lowest BCUT2D eigenvalue weighted by Gasteiger charge is -2.39. The first kappa shape index (κ1) is 17.7. The Morgan fingerprint density at radius 1 is 1.08 bits per heavy atom. The van der Waals surface area contributed by atoms with Crippen molar-refractivity contribution in [3.8, 4) is 0 Å². The second-order valence-corrected chi connectivity index (χ2v) is 6.13. The minimum atomic E-state index is -0.624. The predicted octanol–water partition coefficient (Wildman–Crippen LogP) is 1.89. The average Bonchev–Trinajstić information content (AvgIpc) is 2.69. The molecule has 0 bridgehead atoms. The number of nitrogens with zero attached hydrogens (tertiary/aromatic N) is 1. The molecule has 1 N–H and O–H groups in total. The number of rotatable bonds is 4. The fraction of sp³-hybridized carbons (Fsp3) is 0.250. The lowest BCUT2D eigenvalue weighted by molar-refractivity contribution is -0.141. The zero-order valence-electron chi connectivity index (χ0n) is 14.6. The number of carbonyl (C=O) groups excluding carboxylic acids is 3. The van der Waals surface area contributed by atoms with Crippen LogP contribution in [-0.4, -0.2) is 43.4 Å². The maximum absolute atomic E-state index is 13.0. The maximum Gasteiger partial charge on any atom is 0.325 e. The van der Waals surface area contributed by atoms with E-state index in [2.05, 4.69) is 10.1 Å². The van der Waals surface area contributed by atoms with Gasteiger partial charge in [-0.1, -0.05) is 48.5 Å². The third-order valence-electron chi connectivity index (χ3n) is 4.64. The van der Waals surface area contributed by atoms with Gasteiger partial charge in [-0.25, -0.2) is 0 Å². The molecule has 0 fully saturated rings. The molecule has 0 radical (unpaired) electrons. The van der Waals surface area contributed by atoms with Crippen molar-refractivity contribution in [1.82, 2.24) is 10.2 Å². The van der Waals surface area contributed by atoms with Gasteiger partial charge in [0.15, 0.2) is 0 Å². The van der Waals surface area contributed by atoms with Crippen LogP contribution in [0.3, 0.4) is 0 Å². The van der Waals surface area contributed by atoms with Crippen LogP contribution in [0.4, 0.5) is 0 Å². The molecule has 0 aromatic heterocycles. The van der Waals surface area contributed by atoms with Gasteiger partial charge >= 0.3 is 5.97 Å². The standard InChI is InChI=1S/C20H20N2O4/c1-22-18(13-8-4-3-5-9-13)17(19(24)21-12-16(23)26-2)14-10-6-7-11-15(14)20(22)25/h3-11,17-18H,12H2,1-2H3,(H,21,24)/t17-,18+/m1/s1. The largest absolute Gasteiger partial charge is 0.468 e. The first-order valence-corrected chi connectivity index (χ1v) is 8.30. The maximum atomic E-state index is 13.0. The van der Waals surface area contributed by atoms with Gasteiger partial charge in [0.1, 0.15) is 6.54 Å². The van der Waals surface area contributed by atoms with E-state index in [1.54, 1.807) is 36.2 Å². The number of benzene rings is 2. The van der Waals surface area contributed by atoms with E-state index in [4.69, 9.17) is 0 Å². The lowest BCUT2D eigenvalue weighted by atomic mass is 9.79. The summed E-state index contributed by atoms with van der Waals surface area (Å²) in [5.41, 5.74) is 2.02. The summed E-state index contributed by atoms with van der Waals surface area (Å²) >= 11 is 0. The first-order valence-electron chi connectivity index (χ1n) is 8.30. The topological polar surface area (TPSA) is 75.7 Å². The van der Waals surface area contributed by atoms with Gasteiger partial charge in [-0.05, 0) is 17.2 Å². The number of nitrogens with one attached hydrogen (secondary N) is 1. The molecule has 0 unspecified atom stereocenters. The molecule has 1 aliphatic heterocycles. The molecule has 2 aromatic rings. The molecule has 26 heavy (non-hydrogen) atoms. The quantitative estimate of drug-likeness (QED) is 0.853. The average molecular weight is 352 g/mol. The molecular weight excluding hydrogens is 332 g/mol. The predicted molar refractivity (Wildman–Crippen MR) is 95.5 cm³/mol. The van der Waals surface area contributed by atoms with Crippen LogP contribution in [0.2, 0.25) is 0 Å². The fourth-order valence-electron chi connectivity index (χ4n) is 3.37. The zero-order valence-corrected chi connectivity index (χ0v) is 14.6. The van der Waals surface area contributed by atoms with Crippen LogP contribution in [0.25, 0.3) is 0 Å². The number of esters is 1. The molecule has 1 aliphatic rings. The van der Waals surface area contributed by atoms with Gasteiger partial charge in [0, 0.05) is 12.6 Å². The Kier molecular flexibility index (Phi) is 5.02. The molecule has 0 saturated carbocycles. The molecule has 6 nitrogen and oxygen atoms in total. The smallest absolute Gasteiger partial charge is 0.325 e. The van der Waals surface area contributed by atoms with Gasteiger partial charge in [0.25, 0.3) is 5.91 Å². The van der Waals surface area contributed by atoms with Gasteiger partial charge in [0.2, 0.25) is 5.91 Å². The zero-order chi connectivity index (χ0) is 18.7. The second kappa shape index (κ2) is 7.39. The number of carbonyl (C=O) groups is 3. The molecule has 1 heterocycles. The van der Waals surface area contributed by atoms with Gasteiger partial charge in [0.05, 0.1) is 19.1 Å². The number of likely N-dealkylation sites (N-methyl/N-ethyl adjacent to an activating group) is 1. The van der Waals surface area contributed by atoms with Crippen molar-refractivity contribution in [2.75, 3.05) is 20.7 Å². The molecule has 0 saturated heterocycles. The summed E-state index contributed by atoms with van der Waals surface area (Å²) in [6.07, 6.45) is 0. The first-order chi connectivity index (χ1) is 12.5. The van der Waals surface area contributed by atoms with E-state index < -0.39 is 17.9 Å². The summed E-state index contributed by atoms with van der Waals surface area (Å²) < 4.78 is 4.59. The molecular formula is C20H20N2O4. The third kappa shape index (κ3) is 3.18. The summed E-state index contributed by atoms with van der Waals surface area (Å²) in [5.74, 6) is -1.60. The Hall–Kier alpha value is -3.15. The number of fused-ring (bicyclic) bond motifs is 1. The van der Waals surface area contributed by atoms with E-state index in [-0.39, 0.29) is 18.4 Å². The SMILES string of the molecule is COC(=O)CNC(=O)[C@@H]1c2ccccc2C(=O)N(C)[C@H]1c1ccccc1. The van der Waals surface area contributed by atoms with E-state index in [9.17, 15) is 14.4 Å². The number of hydrogen-bond acceptors (Lipinski definition) is 4. The highest BCUT2D eigenvalue weighted by molar-refractivity contribution is 6.01. The summed E-state index contributed by atoms with van der Waals surface area (Å²) in [5, 5.41) is 2.63. The van der Waals surface area contributed by atoms with E-state index in [1.165, 1.54) is 7.11 Å². The summed E-state index contributed by atoms with van der Waals surface area (Å²) in [4.78, 5) is 38.8. The van der Waals surface area contributed by atoms with Crippen molar-refractivity contribution < 1.29 is 19.1 Å². The van der Waals surface area contributed by atoms with Crippen LogP contribution >= 0.6 is 0 Å². The fourth-order valence-corrected chi connectivity index (χ4v) is 3.37. The lowest BCUT2D eigenvalue weighted by Crippen LogP contribution is -2.46. The molecule has 134 valence electrons. The molecule has 2 atom stereocenters. The van der Waals surface area contributed by atoms with Gasteiger partial charge in [-0.15, -0.1) is 0 Å². The van der Waals surface area contributed by atoms with E-state index >= 15 is 0 Å². The normalized spacial score (nSPS) is 18.8. The number of hydrogen-bond donors (Lipinski definition) is 1. The number of ether oxygens (including phenoxy) is 1. The third-order valence-corrected chi connectivity index (χ3v) is 4.64. The molecule has 3 rings (SSSR count). The highest BCUT2D eigenvalue weighted by Gasteiger charge is 2.42. The van der Waals surface area contributed by atoms with Crippen molar-refractivity contribution in [2.45, 2.75) is 12.0 Å². The monoisotopic (exact) mass is 352 g/mol. The van der Waals surface area contributed by atoms with Crippen molar-refractivity contribution in [3.05, 3.63) is 71.3 Å². The highest BCUT2D eigenvalue weighted by Crippen LogP contribution is 2.41. The second-order valence-electron chi connectivity index (χ2n) is 6.13. The molecule has 0 aliphatic carbocycles. The van der Waals surface area contributed by atoms with Crippen LogP contribution in [0.15, 0.2) is 54.6 Å². The van der Waals surface area contributed by atoms with E-state index in [0.717, 1.165) is 5.56 Å². The highest BCUT2D eigenvalue weighted by atomic mass is 16.5. The van der Waals surface area contributed by atoms with Crippen LogP contribution in [0.1, 0.15) is 33.4 Å². The van der Waals surface area contributed by atoms with Gasteiger partial charge in [-0.3, -0.25) is 14.4 Å². The van der Waals surface area contributed by atoms with Crippen molar-refractivity contribution in [2.24, 2.45) is 0 Å². The summed E-state index contributed by atoms with van der Waals surface area (Å²) in [7, 11) is 2.96. The van der Waals surface area contributed by atoms with E-state index in [1.807, 2.05) is 30.3 Å². The summed E-state index contributed by atoms with van der Waals surface area (Å²) in [6.45, 7) is -0.215. The van der Waals surface area contributed by atoms with Crippen LogP contribution in [0, 0.1) is 0 Å². The van der Waals surface area contributed by atoms with Crippen LogP contribution < -0.4 is 5.32 Å². The Morgan fingerprint density at radius 3 is 2.42 bits per heavy atom. The van der Waals surface area contributed by atoms with Gasteiger partial charge < -0.3 is 15.0 Å². The van der Waals surface area contributed by atoms with Crippen LogP contribution in [0.5, 0.6) is 0 Å². The Labute approximate surface area is 151 Å². The Bertz CT molecular complexity index is 835. The van der Waals surface area contributed by atoms with Gasteiger partial charge in [-0.2, -0.15) is 0 Å². The van der Waals surface area contributed by atoms with Crippen molar-refractivity contribution >= 4 is 17.8 Å². The Morgan fingerprint density at radius 2 is 1.73 bits per heavy atom. The Balaban J connectivity index is 2.05.